The molecule has 1 amide bonds. The molecule has 0 atom stereocenters. The molecule has 110 valence electrons. The van der Waals surface area contributed by atoms with Gasteiger partial charge in [-0.3, -0.25) is 10.1 Å². The van der Waals surface area contributed by atoms with E-state index in [0.29, 0.717) is 10.6 Å². The molecule has 0 saturated carbocycles. The van der Waals surface area contributed by atoms with Crippen LogP contribution in [0.1, 0.15) is 10.4 Å². The lowest BCUT2D eigenvalue weighted by atomic mass is 10.2. The molecule has 0 aliphatic heterocycles. The summed E-state index contributed by atoms with van der Waals surface area (Å²) < 4.78 is 18.2. The zero-order chi connectivity index (χ0) is 15.5. The Balaban J connectivity index is 1.77. The van der Waals surface area contributed by atoms with Crippen LogP contribution in [0, 0.1) is 5.82 Å². The van der Waals surface area contributed by atoms with Crippen molar-refractivity contribution in [2.75, 3.05) is 5.32 Å². The van der Waals surface area contributed by atoms with E-state index in [4.69, 9.17) is 16.0 Å². The van der Waals surface area contributed by atoms with Gasteiger partial charge in [0, 0.05) is 16.1 Å². The Morgan fingerprint density at radius 1 is 1.14 bits per heavy atom. The minimum Gasteiger partial charge on any atom is -0.403 e. The summed E-state index contributed by atoms with van der Waals surface area (Å²) in [6.07, 6.45) is 0. The van der Waals surface area contributed by atoms with Gasteiger partial charge in [-0.2, -0.15) is 0 Å². The van der Waals surface area contributed by atoms with Gasteiger partial charge >= 0.3 is 6.01 Å². The van der Waals surface area contributed by atoms with Gasteiger partial charge in [-0.15, -0.1) is 5.10 Å². The molecule has 0 aliphatic carbocycles. The van der Waals surface area contributed by atoms with Crippen LogP contribution in [0.3, 0.4) is 0 Å². The Hall–Kier alpha value is -2.73. The average molecular weight is 318 g/mol. The van der Waals surface area contributed by atoms with Gasteiger partial charge in [0.2, 0.25) is 5.89 Å². The predicted octanol–water partition coefficient (Wildman–Crippen LogP) is 3.78. The fourth-order valence-corrected chi connectivity index (χ4v) is 1.97. The second-order valence-corrected chi connectivity index (χ2v) is 4.82. The summed E-state index contributed by atoms with van der Waals surface area (Å²) in [5, 5.41) is 10.6. The summed E-state index contributed by atoms with van der Waals surface area (Å²) in [5.41, 5.74) is 0.922. The Bertz CT molecular complexity index is 818. The van der Waals surface area contributed by atoms with E-state index in [1.54, 1.807) is 24.3 Å². The number of benzene rings is 2. The van der Waals surface area contributed by atoms with E-state index in [1.807, 2.05) is 0 Å². The lowest BCUT2D eigenvalue weighted by molar-refractivity contribution is 0.102. The van der Waals surface area contributed by atoms with Crippen LogP contribution in [-0.4, -0.2) is 16.1 Å². The maximum Gasteiger partial charge on any atom is 0.322 e. The number of hydrogen-bond acceptors (Lipinski definition) is 4. The van der Waals surface area contributed by atoms with Gasteiger partial charge in [0.05, 0.1) is 0 Å². The highest BCUT2D eigenvalue weighted by Crippen LogP contribution is 2.22. The zero-order valence-corrected chi connectivity index (χ0v) is 11.8. The number of halogens is 2. The molecular formula is C15H9ClFN3O2. The van der Waals surface area contributed by atoms with E-state index >= 15 is 0 Å². The number of amides is 1. The van der Waals surface area contributed by atoms with Crippen molar-refractivity contribution in [1.82, 2.24) is 10.2 Å². The number of carbonyl (C=O) groups is 1. The zero-order valence-electron chi connectivity index (χ0n) is 11.1. The quantitative estimate of drug-likeness (QED) is 0.798. The van der Waals surface area contributed by atoms with Gasteiger partial charge in [-0.1, -0.05) is 22.8 Å². The van der Waals surface area contributed by atoms with Gasteiger partial charge < -0.3 is 4.42 Å². The van der Waals surface area contributed by atoms with E-state index in [2.05, 4.69) is 15.5 Å². The number of aromatic nitrogens is 2. The summed E-state index contributed by atoms with van der Waals surface area (Å²) in [6, 6.07) is 11.9. The number of carbonyl (C=O) groups excluding carboxylic acids is 1. The Labute approximate surface area is 129 Å². The lowest BCUT2D eigenvalue weighted by Crippen LogP contribution is -2.12. The van der Waals surface area contributed by atoms with Gasteiger partial charge in [-0.25, -0.2) is 4.39 Å². The van der Waals surface area contributed by atoms with Crippen LogP contribution in [0.5, 0.6) is 0 Å². The van der Waals surface area contributed by atoms with Crippen LogP contribution in [0.25, 0.3) is 11.5 Å². The lowest BCUT2D eigenvalue weighted by Gasteiger charge is -2.00. The van der Waals surface area contributed by atoms with Crippen molar-refractivity contribution in [2.24, 2.45) is 0 Å². The number of hydrogen-bond donors (Lipinski definition) is 1. The molecule has 7 heteroatoms. The summed E-state index contributed by atoms with van der Waals surface area (Å²) in [5.74, 6) is -0.657. The van der Waals surface area contributed by atoms with Crippen molar-refractivity contribution in [3.05, 3.63) is 64.9 Å². The first kappa shape index (κ1) is 14.2. The first-order valence-electron chi connectivity index (χ1n) is 6.28. The van der Waals surface area contributed by atoms with Gasteiger partial charge in [0.1, 0.15) is 5.82 Å². The summed E-state index contributed by atoms with van der Waals surface area (Å²) >= 11 is 5.89. The van der Waals surface area contributed by atoms with Gasteiger partial charge in [0.25, 0.3) is 5.91 Å². The third-order valence-corrected chi connectivity index (χ3v) is 3.06. The van der Waals surface area contributed by atoms with Crippen molar-refractivity contribution in [2.45, 2.75) is 0 Å². The molecule has 0 fully saturated rings. The molecule has 3 aromatic rings. The highest BCUT2D eigenvalue weighted by molar-refractivity contribution is 6.30. The number of nitrogens with zero attached hydrogens (tertiary/aromatic N) is 2. The van der Waals surface area contributed by atoms with Gasteiger partial charge in [-0.05, 0) is 42.5 Å². The normalized spacial score (nSPS) is 10.5. The fourth-order valence-electron chi connectivity index (χ4n) is 1.78. The van der Waals surface area contributed by atoms with Crippen molar-refractivity contribution < 1.29 is 13.6 Å². The van der Waals surface area contributed by atoms with E-state index < -0.39 is 11.7 Å². The van der Waals surface area contributed by atoms with Crippen molar-refractivity contribution in [3.63, 3.8) is 0 Å². The van der Waals surface area contributed by atoms with Crippen LogP contribution in [0.2, 0.25) is 5.02 Å². The van der Waals surface area contributed by atoms with Crippen LogP contribution >= 0.6 is 11.6 Å². The maximum absolute atomic E-state index is 12.8. The highest BCUT2D eigenvalue weighted by atomic mass is 35.5. The standard InChI is InChI=1S/C15H9ClFN3O2/c16-11-3-1-2-10(8-11)14-19-20-15(22-14)18-13(21)9-4-6-12(17)7-5-9/h1-8H,(H,18,20,21). The minimum absolute atomic E-state index is 0.0516. The summed E-state index contributed by atoms with van der Waals surface area (Å²) in [7, 11) is 0. The Kier molecular flexibility index (Phi) is 3.84. The molecule has 0 spiro atoms. The first-order chi connectivity index (χ1) is 10.6. The monoisotopic (exact) mass is 317 g/mol. The average Bonchev–Trinajstić information content (AvgIpc) is 2.96. The molecule has 1 heterocycles. The molecule has 0 bridgehead atoms. The topological polar surface area (TPSA) is 68.0 Å². The smallest absolute Gasteiger partial charge is 0.322 e. The molecule has 1 N–H and O–H groups in total. The molecule has 0 unspecified atom stereocenters. The van der Waals surface area contributed by atoms with Crippen molar-refractivity contribution in [3.8, 4) is 11.5 Å². The molecule has 2 aromatic carbocycles. The number of anilines is 1. The maximum atomic E-state index is 12.8. The third-order valence-electron chi connectivity index (χ3n) is 2.82. The second-order valence-electron chi connectivity index (χ2n) is 4.38. The minimum atomic E-state index is -0.471. The number of rotatable bonds is 3. The molecule has 0 radical (unpaired) electrons. The molecule has 0 saturated heterocycles. The largest absolute Gasteiger partial charge is 0.403 e. The van der Waals surface area contributed by atoms with E-state index in [9.17, 15) is 9.18 Å². The summed E-state index contributed by atoms with van der Waals surface area (Å²) in [4.78, 5) is 11.9. The highest BCUT2D eigenvalue weighted by Gasteiger charge is 2.13. The van der Waals surface area contributed by atoms with E-state index in [1.165, 1.54) is 24.3 Å². The van der Waals surface area contributed by atoms with Crippen LogP contribution in [0.4, 0.5) is 10.4 Å². The first-order valence-corrected chi connectivity index (χ1v) is 6.66. The molecule has 1 aromatic heterocycles. The van der Waals surface area contributed by atoms with Crippen LogP contribution in [-0.2, 0) is 0 Å². The second kappa shape index (κ2) is 5.95. The molecule has 5 nitrogen and oxygen atoms in total. The van der Waals surface area contributed by atoms with Gasteiger partial charge in [0.15, 0.2) is 0 Å². The van der Waals surface area contributed by atoms with Crippen LogP contribution < -0.4 is 5.32 Å². The molecule has 0 aliphatic rings. The fraction of sp³-hybridized carbons (Fsp3) is 0. The van der Waals surface area contributed by atoms with Crippen molar-refractivity contribution >= 4 is 23.5 Å². The van der Waals surface area contributed by atoms with E-state index in [-0.39, 0.29) is 17.5 Å². The van der Waals surface area contributed by atoms with E-state index in [0.717, 1.165) is 0 Å². The Morgan fingerprint density at radius 3 is 2.64 bits per heavy atom. The third kappa shape index (κ3) is 3.12. The summed E-state index contributed by atoms with van der Waals surface area (Å²) in [6.45, 7) is 0. The molecular weight excluding hydrogens is 309 g/mol. The SMILES string of the molecule is O=C(Nc1nnc(-c2cccc(Cl)c2)o1)c1ccc(F)cc1. The predicted molar refractivity (Wildman–Crippen MR) is 79.1 cm³/mol. The molecule has 3 rings (SSSR count). The molecule has 22 heavy (non-hydrogen) atoms. The van der Waals surface area contributed by atoms with Crippen molar-refractivity contribution in [1.29, 1.82) is 0 Å². The van der Waals surface area contributed by atoms with Crippen LogP contribution in [0.15, 0.2) is 52.9 Å². The number of nitrogens with one attached hydrogen (secondary N) is 1. The Morgan fingerprint density at radius 2 is 1.91 bits per heavy atom.